The Labute approximate surface area is 122 Å². The Morgan fingerprint density at radius 3 is 2.43 bits per heavy atom. The molecule has 1 saturated heterocycles. The largest absolute Gasteiger partial charge is 0.417 e. The quantitative estimate of drug-likeness (QED) is 0.798. The van der Waals surface area contributed by atoms with E-state index in [1.54, 1.807) is 6.07 Å². The molecule has 21 heavy (non-hydrogen) atoms. The Bertz CT molecular complexity index is 573. The standard InChI is InChI=1S/C15H18F3N3/c1-14(2)10-21(7-6-20(14)3)12-4-5-13(15(16,17)18)11(8-12)9-19/h4-5,8H,6-7,10H2,1-3H3. The number of rotatable bonds is 1. The molecule has 114 valence electrons. The Kier molecular flexibility index (Phi) is 3.89. The van der Waals surface area contributed by atoms with Crippen molar-refractivity contribution in [1.82, 2.24) is 4.90 Å². The van der Waals surface area contributed by atoms with E-state index in [1.807, 2.05) is 11.9 Å². The molecule has 1 aliphatic rings. The number of halogens is 3. The second kappa shape index (κ2) is 5.23. The lowest BCUT2D eigenvalue weighted by Crippen LogP contribution is -2.57. The van der Waals surface area contributed by atoms with Gasteiger partial charge in [-0.3, -0.25) is 4.90 Å². The van der Waals surface area contributed by atoms with Crippen molar-refractivity contribution in [3.05, 3.63) is 29.3 Å². The van der Waals surface area contributed by atoms with Crippen molar-refractivity contribution in [2.24, 2.45) is 0 Å². The van der Waals surface area contributed by atoms with Crippen molar-refractivity contribution in [3.63, 3.8) is 0 Å². The lowest BCUT2D eigenvalue weighted by Gasteiger charge is -2.46. The van der Waals surface area contributed by atoms with E-state index in [4.69, 9.17) is 5.26 Å². The van der Waals surface area contributed by atoms with Crippen LogP contribution in [0, 0.1) is 11.3 Å². The van der Waals surface area contributed by atoms with E-state index in [0.29, 0.717) is 12.2 Å². The lowest BCUT2D eigenvalue weighted by molar-refractivity contribution is -0.137. The van der Waals surface area contributed by atoms with Gasteiger partial charge in [0, 0.05) is 30.9 Å². The number of hydrogen-bond acceptors (Lipinski definition) is 3. The first kappa shape index (κ1) is 15.6. The van der Waals surface area contributed by atoms with Gasteiger partial charge in [-0.25, -0.2) is 0 Å². The molecular weight excluding hydrogens is 279 g/mol. The van der Waals surface area contributed by atoms with Crippen molar-refractivity contribution >= 4 is 5.69 Å². The van der Waals surface area contributed by atoms with Crippen molar-refractivity contribution in [2.45, 2.75) is 25.6 Å². The van der Waals surface area contributed by atoms with E-state index < -0.39 is 11.7 Å². The van der Waals surface area contributed by atoms with Gasteiger partial charge in [0.1, 0.15) is 0 Å². The van der Waals surface area contributed by atoms with Crippen molar-refractivity contribution in [1.29, 1.82) is 5.26 Å². The molecule has 0 aromatic heterocycles. The van der Waals surface area contributed by atoms with Gasteiger partial charge in [0.05, 0.1) is 17.2 Å². The van der Waals surface area contributed by atoms with Gasteiger partial charge in [0.15, 0.2) is 0 Å². The molecule has 2 rings (SSSR count). The second-order valence-corrected chi connectivity index (χ2v) is 5.99. The molecule has 1 fully saturated rings. The summed E-state index contributed by atoms with van der Waals surface area (Å²) < 4.78 is 38.4. The van der Waals surface area contributed by atoms with Gasteiger partial charge in [0.25, 0.3) is 0 Å². The minimum Gasteiger partial charge on any atom is -0.368 e. The van der Waals surface area contributed by atoms with Crippen molar-refractivity contribution < 1.29 is 13.2 Å². The maximum Gasteiger partial charge on any atom is 0.417 e. The first-order valence-electron chi connectivity index (χ1n) is 6.73. The first-order valence-corrected chi connectivity index (χ1v) is 6.73. The molecular formula is C15H18F3N3. The van der Waals surface area contributed by atoms with E-state index in [2.05, 4.69) is 18.7 Å². The van der Waals surface area contributed by atoms with Gasteiger partial charge in [-0.05, 0) is 39.1 Å². The van der Waals surface area contributed by atoms with E-state index >= 15 is 0 Å². The minimum absolute atomic E-state index is 0.0618. The molecule has 0 amide bonds. The van der Waals surface area contributed by atoms with E-state index in [9.17, 15) is 13.2 Å². The molecule has 1 heterocycles. The molecule has 0 N–H and O–H groups in total. The summed E-state index contributed by atoms with van der Waals surface area (Å²) in [7, 11) is 2.03. The zero-order chi connectivity index (χ0) is 15.8. The maximum atomic E-state index is 12.8. The van der Waals surface area contributed by atoms with Crippen LogP contribution in [-0.2, 0) is 6.18 Å². The first-order chi connectivity index (χ1) is 9.65. The van der Waals surface area contributed by atoms with Crippen molar-refractivity contribution in [3.8, 4) is 6.07 Å². The minimum atomic E-state index is -4.50. The van der Waals surface area contributed by atoms with E-state index in [-0.39, 0.29) is 11.1 Å². The van der Waals surface area contributed by atoms with Crippen LogP contribution in [0.5, 0.6) is 0 Å². The number of hydrogen-bond donors (Lipinski definition) is 0. The fourth-order valence-corrected chi connectivity index (χ4v) is 2.53. The molecule has 1 aromatic rings. The van der Waals surface area contributed by atoms with Crippen LogP contribution in [0.3, 0.4) is 0 Å². The predicted molar refractivity (Wildman–Crippen MR) is 75.1 cm³/mol. The Morgan fingerprint density at radius 2 is 1.90 bits per heavy atom. The summed E-state index contributed by atoms with van der Waals surface area (Å²) in [5.74, 6) is 0. The Balaban J connectivity index is 2.33. The average molecular weight is 297 g/mol. The van der Waals surface area contributed by atoms with Gasteiger partial charge in [-0.2, -0.15) is 18.4 Å². The highest BCUT2D eigenvalue weighted by molar-refractivity contribution is 5.56. The molecule has 3 nitrogen and oxygen atoms in total. The van der Waals surface area contributed by atoms with Gasteiger partial charge < -0.3 is 4.90 Å². The number of nitrogens with zero attached hydrogens (tertiary/aromatic N) is 3. The summed E-state index contributed by atoms with van der Waals surface area (Å²) in [6, 6.07) is 5.44. The summed E-state index contributed by atoms with van der Waals surface area (Å²) in [4.78, 5) is 4.25. The Hall–Kier alpha value is -1.74. The molecule has 1 aromatic carbocycles. The third kappa shape index (κ3) is 3.13. The molecule has 0 unspecified atom stereocenters. The number of benzene rings is 1. The predicted octanol–water partition coefficient (Wildman–Crippen LogP) is 3.11. The molecule has 0 spiro atoms. The zero-order valence-corrected chi connectivity index (χ0v) is 12.3. The fraction of sp³-hybridized carbons (Fsp3) is 0.533. The van der Waals surface area contributed by atoms with Crippen LogP contribution >= 0.6 is 0 Å². The summed E-state index contributed by atoms with van der Waals surface area (Å²) >= 11 is 0. The number of anilines is 1. The van der Waals surface area contributed by atoms with Crippen molar-refractivity contribution in [2.75, 3.05) is 31.6 Å². The van der Waals surface area contributed by atoms with Gasteiger partial charge in [0.2, 0.25) is 0 Å². The fourth-order valence-electron chi connectivity index (χ4n) is 2.53. The van der Waals surface area contributed by atoms with Gasteiger partial charge in [-0.1, -0.05) is 0 Å². The van der Waals surface area contributed by atoms with Crippen LogP contribution in [-0.4, -0.2) is 37.1 Å². The molecule has 0 radical (unpaired) electrons. The molecule has 0 atom stereocenters. The Morgan fingerprint density at radius 1 is 1.24 bits per heavy atom. The monoisotopic (exact) mass is 297 g/mol. The SMILES string of the molecule is CN1CCN(c2ccc(C(F)(F)F)c(C#N)c2)CC1(C)C. The van der Waals surface area contributed by atoms with Gasteiger partial charge >= 0.3 is 6.18 Å². The zero-order valence-electron chi connectivity index (χ0n) is 12.3. The highest BCUT2D eigenvalue weighted by Gasteiger charge is 2.35. The maximum absolute atomic E-state index is 12.8. The van der Waals surface area contributed by atoms with Crippen LogP contribution in [0.25, 0.3) is 0 Å². The summed E-state index contributed by atoms with van der Waals surface area (Å²) in [6.07, 6.45) is -4.50. The van der Waals surface area contributed by atoms with Crippen LogP contribution < -0.4 is 4.90 Å². The highest BCUT2D eigenvalue weighted by atomic mass is 19.4. The van der Waals surface area contributed by atoms with Gasteiger partial charge in [-0.15, -0.1) is 0 Å². The average Bonchev–Trinajstić information content (AvgIpc) is 2.40. The van der Waals surface area contributed by atoms with Crippen LogP contribution in [0.15, 0.2) is 18.2 Å². The second-order valence-electron chi connectivity index (χ2n) is 5.99. The molecule has 0 saturated carbocycles. The van der Waals surface area contributed by atoms with Crippen LogP contribution in [0.2, 0.25) is 0 Å². The number of likely N-dealkylation sites (N-methyl/N-ethyl adjacent to an activating group) is 1. The third-order valence-corrected chi connectivity index (χ3v) is 4.11. The summed E-state index contributed by atoms with van der Waals surface area (Å²) in [5, 5.41) is 8.97. The topological polar surface area (TPSA) is 30.3 Å². The highest BCUT2D eigenvalue weighted by Crippen LogP contribution is 2.34. The summed E-state index contributed by atoms with van der Waals surface area (Å²) in [5.41, 5.74) is -0.590. The van der Waals surface area contributed by atoms with Crippen LogP contribution in [0.1, 0.15) is 25.0 Å². The molecule has 6 heteroatoms. The number of piperazine rings is 1. The third-order valence-electron chi connectivity index (χ3n) is 4.11. The molecule has 0 aliphatic carbocycles. The van der Waals surface area contributed by atoms with E-state index in [1.165, 1.54) is 12.1 Å². The lowest BCUT2D eigenvalue weighted by atomic mass is 9.98. The number of nitriles is 1. The van der Waals surface area contributed by atoms with Crippen LogP contribution in [0.4, 0.5) is 18.9 Å². The van der Waals surface area contributed by atoms with E-state index in [0.717, 1.165) is 19.2 Å². The molecule has 1 aliphatic heterocycles. The molecule has 0 bridgehead atoms. The number of alkyl halides is 3. The summed E-state index contributed by atoms with van der Waals surface area (Å²) in [6.45, 7) is 6.45. The normalized spacial score (nSPS) is 19.4. The smallest absolute Gasteiger partial charge is 0.368 e.